The van der Waals surface area contributed by atoms with Crippen LogP contribution in [0.15, 0.2) is 30.3 Å². The summed E-state index contributed by atoms with van der Waals surface area (Å²) < 4.78 is 0. The van der Waals surface area contributed by atoms with Crippen molar-refractivity contribution in [2.75, 3.05) is 0 Å². The maximum absolute atomic E-state index is 10.0. The van der Waals surface area contributed by atoms with Crippen molar-refractivity contribution in [3.05, 3.63) is 35.9 Å². The first kappa shape index (κ1) is 9.15. The van der Waals surface area contributed by atoms with Crippen LogP contribution < -0.4 is 0 Å². The zero-order valence-corrected chi connectivity index (χ0v) is 4.37. The van der Waals surface area contributed by atoms with Gasteiger partial charge >= 0.3 is 37.7 Å². The van der Waals surface area contributed by atoms with E-state index >= 15 is 0 Å². The number of carbonyl (C=O) groups excluding carboxylic acids is 1. The third-order valence-corrected chi connectivity index (χ3v) is 0.936. The topological polar surface area (TPSA) is 17.1 Å². The first-order valence-electron chi connectivity index (χ1n) is 2.44. The summed E-state index contributed by atoms with van der Waals surface area (Å²) in [5, 5.41) is 0. The summed E-state index contributed by atoms with van der Waals surface area (Å²) in [6, 6.07) is 9.10. The Labute approximate surface area is 84.1 Å². The number of aldehydes is 1. The van der Waals surface area contributed by atoms with E-state index in [-0.39, 0.29) is 37.7 Å². The van der Waals surface area contributed by atoms with Gasteiger partial charge in [-0.25, -0.2) is 0 Å². The van der Waals surface area contributed by atoms with Gasteiger partial charge in [0.2, 0.25) is 0 Å². The van der Waals surface area contributed by atoms with Crippen LogP contribution >= 0.6 is 0 Å². The second kappa shape index (κ2) is 4.98. The summed E-state index contributed by atoms with van der Waals surface area (Å²) in [5.74, 6) is 0. The number of carbonyl (C=O) groups is 1. The normalized spacial score (nSPS) is 7.56. The minimum atomic E-state index is 0. The molecular formula is C7H8CaO. The predicted octanol–water partition coefficient (Wildman–Crippen LogP) is 0.583. The van der Waals surface area contributed by atoms with E-state index in [1.165, 1.54) is 0 Å². The Morgan fingerprint density at radius 3 is 2.00 bits per heavy atom. The average molecular weight is 148 g/mol. The van der Waals surface area contributed by atoms with E-state index in [2.05, 4.69) is 0 Å². The van der Waals surface area contributed by atoms with E-state index in [4.69, 9.17) is 0 Å². The van der Waals surface area contributed by atoms with E-state index in [9.17, 15) is 4.79 Å². The van der Waals surface area contributed by atoms with Gasteiger partial charge in [0.25, 0.3) is 0 Å². The van der Waals surface area contributed by atoms with Crippen LogP contribution in [0.3, 0.4) is 0 Å². The first-order chi connectivity index (χ1) is 3.93. The monoisotopic (exact) mass is 148 g/mol. The molecule has 0 N–H and O–H groups in total. The number of hydrogen-bond acceptors (Lipinski definition) is 1. The zero-order valence-electron chi connectivity index (χ0n) is 4.37. The molecule has 0 radical (unpaired) electrons. The molecule has 1 aromatic rings. The van der Waals surface area contributed by atoms with Crippen molar-refractivity contribution in [3.8, 4) is 0 Å². The summed E-state index contributed by atoms with van der Waals surface area (Å²) in [5.41, 5.74) is 0.729. The van der Waals surface area contributed by atoms with Gasteiger partial charge in [-0.05, 0) is 0 Å². The molecule has 1 aromatic carbocycles. The molecular weight excluding hydrogens is 140 g/mol. The molecule has 0 saturated heterocycles. The van der Waals surface area contributed by atoms with Crippen LogP contribution in [0.5, 0.6) is 0 Å². The molecule has 0 spiro atoms. The molecule has 0 atom stereocenters. The summed E-state index contributed by atoms with van der Waals surface area (Å²) in [6.45, 7) is 0. The summed E-state index contributed by atoms with van der Waals surface area (Å²) >= 11 is 0. The Morgan fingerprint density at radius 1 is 1.11 bits per heavy atom. The maximum atomic E-state index is 10.0. The number of rotatable bonds is 1. The van der Waals surface area contributed by atoms with Crippen molar-refractivity contribution in [1.82, 2.24) is 0 Å². The Bertz CT molecular complexity index is 172. The fraction of sp³-hybridized carbons (Fsp3) is 0. The molecule has 0 aliphatic carbocycles. The molecule has 1 rings (SSSR count). The minimum absolute atomic E-state index is 0. The van der Waals surface area contributed by atoms with Crippen molar-refractivity contribution in [2.24, 2.45) is 0 Å². The molecule has 0 aliphatic heterocycles. The Hall–Kier alpha value is 0.150. The van der Waals surface area contributed by atoms with Gasteiger partial charge in [0, 0.05) is 5.56 Å². The molecule has 44 valence electrons. The van der Waals surface area contributed by atoms with Gasteiger partial charge in [-0.1, -0.05) is 30.3 Å². The van der Waals surface area contributed by atoms with Crippen LogP contribution in [0.2, 0.25) is 0 Å². The van der Waals surface area contributed by atoms with Gasteiger partial charge in [0.15, 0.2) is 0 Å². The molecule has 0 amide bonds. The molecule has 0 heterocycles. The SMILES string of the molecule is O=Cc1ccccc1.[CaH2]. The fourth-order valence-electron chi connectivity index (χ4n) is 0.532. The molecule has 9 heavy (non-hydrogen) atoms. The summed E-state index contributed by atoms with van der Waals surface area (Å²) in [7, 11) is 0. The Balaban J connectivity index is 0.000000640. The molecule has 0 fully saturated rings. The van der Waals surface area contributed by atoms with E-state index < -0.39 is 0 Å². The first-order valence-corrected chi connectivity index (χ1v) is 2.44. The Morgan fingerprint density at radius 2 is 1.67 bits per heavy atom. The second-order valence-electron chi connectivity index (χ2n) is 1.53. The quantitative estimate of drug-likeness (QED) is 0.420. The summed E-state index contributed by atoms with van der Waals surface area (Å²) in [4.78, 5) is 10.0. The van der Waals surface area contributed by atoms with Crippen LogP contribution in [0.4, 0.5) is 0 Å². The second-order valence-corrected chi connectivity index (χ2v) is 1.53. The average Bonchev–Trinajstić information content (AvgIpc) is 1.90. The number of benzene rings is 1. The third kappa shape index (κ3) is 2.99. The van der Waals surface area contributed by atoms with Gasteiger partial charge in [-0.15, -0.1) is 0 Å². The van der Waals surface area contributed by atoms with E-state index in [0.29, 0.717) is 0 Å². The van der Waals surface area contributed by atoms with Gasteiger partial charge in [-0.2, -0.15) is 0 Å². The third-order valence-electron chi connectivity index (χ3n) is 0.936. The molecule has 0 saturated carbocycles. The van der Waals surface area contributed by atoms with E-state index in [0.717, 1.165) is 11.8 Å². The molecule has 0 aliphatic rings. The van der Waals surface area contributed by atoms with Crippen LogP contribution in [0.25, 0.3) is 0 Å². The van der Waals surface area contributed by atoms with Gasteiger partial charge in [-0.3, -0.25) is 4.79 Å². The van der Waals surface area contributed by atoms with Crippen LogP contribution in [-0.4, -0.2) is 44.0 Å². The zero-order chi connectivity index (χ0) is 5.82. The van der Waals surface area contributed by atoms with Crippen molar-refractivity contribution >= 4 is 44.0 Å². The van der Waals surface area contributed by atoms with Crippen molar-refractivity contribution in [1.29, 1.82) is 0 Å². The predicted molar refractivity (Wildman–Crippen MR) is 40.4 cm³/mol. The van der Waals surface area contributed by atoms with E-state index in [1.54, 1.807) is 12.1 Å². The van der Waals surface area contributed by atoms with Crippen LogP contribution in [0, 0.1) is 0 Å². The molecule has 0 bridgehead atoms. The van der Waals surface area contributed by atoms with Gasteiger partial charge in [0.1, 0.15) is 6.29 Å². The molecule has 0 aromatic heterocycles. The molecule has 2 heteroatoms. The standard InChI is InChI=1S/C7H6O.Ca.2H/c8-6-7-4-2-1-3-5-7;;;/h1-6H;;;. The van der Waals surface area contributed by atoms with Crippen molar-refractivity contribution < 1.29 is 4.79 Å². The summed E-state index contributed by atoms with van der Waals surface area (Å²) in [6.07, 6.45) is 0.833. The Kier molecular flexibility index (Phi) is 5.06. The van der Waals surface area contributed by atoms with Crippen molar-refractivity contribution in [2.45, 2.75) is 0 Å². The van der Waals surface area contributed by atoms with E-state index in [1.807, 2.05) is 18.2 Å². The van der Waals surface area contributed by atoms with Gasteiger partial charge < -0.3 is 0 Å². The van der Waals surface area contributed by atoms with Crippen LogP contribution in [0.1, 0.15) is 10.4 Å². The fourth-order valence-corrected chi connectivity index (χ4v) is 0.532. The van der Waals surface area contributed by atoms with Crippen LogP contribution in [-0.2, 0) is 0 Å². The number of hydrogen-bond donors (Lipinski definition) is 0. The molecule has 1 nitrogen and oxygen atoms in total. The van der Waals surface area contributed by atoms with Gasteiger partial charge in [0.05, 0.1) is 0 Å². The van der Waals surface area contributed by atoms with Crippen molar-refractivity contribution in [3.63, 3.8) is 0 Å². The molecule has 0 unspecified atom stereocenters.